The van der Waals surface area contributed by atoms with E-state index in [1.807, 2.05) is 11.3 Å². The highest BCUT2D eigenvalue weighted by Gasteiger charge is 2.10. The van der Waals surface area contributed by atoms with Crippen molar-refractivity contribution in [2.45, 2.75) is 6.54 Å². The molecule has 11 heavy (non-hydrogen) atoms. The van der Waals surface area contributed by atoms with Crippen LogP contribution in [-0.2, 0) is 6.54 Å². The van der Waals surface area contributed by atoms with Crippen molar-refractivity contribution in [1.82, 2.24) is 4.90 Å². The lowest BCUT2D eigenvalue weighted by molar-refractivity contribution is 0.349. The van der Waals surface area contributed by atoms with Crippen LogP contribution in [0.1, 0.15) is 4.88 Å². The lowest BCUT2D eigenvalue weighted by Gasteiger charge is -2.10. The molecule has 0 atom stereocenters. The van der Waals surface area contributed by atoms with E-state index in [1.165, 1.54) is 10.6 Å². The van der Waals surface area contributed by atoms with Crippen LogP contribution >= 0.6 is 11.3 Å². The summed E-state index contributed by atoms with van der Waals surface area (Å²) in [5.74, 6) is 0. The molecule has 2 nitrogen and oxygen atoms in total. The highest BCUT2D eigenvalue weighted by atomic mass is 32.1. The van der Waals surface area contributed by atoms with Gasteiger partial charge in [-0.15, -0.1) is 11.3 Å². The molecule has 2 heterocycles. The van der Waals surface area contributed by atoms with Crippen LogP contribution in [0.15, 0.2) is 11.4 Å². The maximum absolute atomic E-state index is 3.40. The molecule has 0 radical (unpaired) electrons. The van der Waals surface area contributed by atoms with Crippen LogP contribution in [0.25, 0.3) is 0 Å². The van der Waals surface area contributed by atoms with E-state index in [0.29, 0.717) is 0 Å². The molecule has 60 valence electrons. The van der Waals surface area contributed by atoms with Crippen molar-refractivity contribution < 1.29 is 0 Å². The zero-order valence-corrected chi connectivity index (χ0v) is 7.45. The zero-order valence-electron chi connectivity index (χ0n) is 6.63. The Kier molecular flexibility index (Phi) is 1.84. The van der Waals surface area contributed by atoms with Crippen LogP contribution in [0, 0.1) is 0 Å². The second-order valence-electron chi connectivity index (χ2n) is 2.92. The first-order valence-corrected chi connectivity index (χ1v) is 4.73. The minimum absolute atomic E-state index is 1.07. The molecule has 0 spiro atoms. The molecule has 3 heteroatoms. The van der Waals surface area contributed by atoms with Crippen LogP contribution < -0.4 is 5.32 Å². The summed E-state index contributed by atoms with van der Waals surface area (Å²) in [6.45, 7) is 3.31. The fraction of sp³-hybridized carbons (Fsp3) is 0.500. The maximum atomic E-state index is 3.40. The van der Waals surface area contributed by atoms with Crippen molar-refractivity contribution in [3.05, 3.63) is 16.3 Å². The third kappa shape index (κ3) is 1.39. The van der Waals surface area contributed by atoms with E-state index in [4.69, 9.17) is 0 Å². The van der Waals surface area contributed by atoms with Crippen molar-refractivity contribution in [3.63, 3.8) is 0 Å². The molecule has 1 aromatic rings. The van der Waals surface area contributed by atoms with Gasteiger partial charge in [0.2, 0.25) is 0 Å². The van der Waals surface area contributed by atoms with Gasteiger partial charge in [-0.05, 0) is 18.5 Å². The largest absolute Gasteiger partial charge is 0.383 e. The molecule has 1 aromatic heterocycles. The second kappa shape index (κ2) is 2.83. The molecule has 0 unspecified atom stereocenters. The lowest BCUT2D eigenvalue weighted by atomic mass is 10.4. The average molecular weight is 168 g/mol. The minimum atomic E-state index is 1.07. The van der Waals surface area contributed by atoms with Gasteiger partial charge in [0.1, 0.15) is 0 Å². The van der Waals surface area contributed by atoms with E-state index in [9.17, 15) is 0 Å². The minimum Gasteiger partial charge on any atom is -0.383 e. The van der Waals surface area contributed by atoms with Crippen LogP contribution in [0.2, 0.25) is 0 Å². The fourth-order valence-electron chi connectivity index (χ4n) is 1.33. The van der Waals surface area contributed by atoms with Crippen molar-refractivity contribution in [1.29, 1.82) is 0 Å². The summed E-state index contributed by atoms with van der Waals surface area (Å²) in [7, 11) is 2.16. The Labute approximate surface area is 70.8 Å². The number of nitrogens with zero attached hydrogens (tertiary/aromatic N) is 1. The van der Waals surface area contributed by atoms with Gasteiger partial charge < -0.3 is 5.32 Å². The molecule has 0 saturated heterocycles. The first-order chi connectivity index (χ1) is 5.36. The van der Waals surface area contributed by atoms with Crippen molar-refractivity contribution >= 4 is 17.0 Å². The number of fused-ring (bicyclic) bond motifs is 1. The van der Waals surface area contributed by atoms with Gasteiger partial charge in [-0.1, -0.05) is 0 Å². The Balaban J connectivity index is 2.26. The summed E-state index contributed by atoms with van der Waals surface area (Å²) in [6.07, 6.45) is 0. The van der Waals surface area contributed by atoms with E-state index in [1.54, 1.807) is 0 Å². The predicted octanol–water partition coefficient (Wildman–Crippen LogP) is 1.61. The van der Waals surface area contributed by atoms with Gasteiger partial charge in [0.25, 0.3) is 0 Å². The van der Waals surface area contributed by atoms with Gasteiger partial charge in [-0.2, -0.15) is 0 Å². The summed E-state index contributed by atoms with van der Waals surface area (Å²) in [4.78, 5) is 3.81. The van der Waals surface area contributed by atoms with E-state index in [-0.39, 0.29) is 0 Å². The molecule has 0 bridgehead atoms. The van der Waals surface area contributed by atoms with Gasteiger partial charge in [-0.3, -0.25) is 4.90 Å². The number of anilines is 1. The quantitative estimate of drug-likeness (QED) is 0.633. The summed E-state index contributed by atoms with van der Waals surface area (Å²) >= 11 is 1.84. The molecule has 2 rings (SSSR count). The number of nitrogens with one attached hydrogen (secondary N) is 1. The third-order valence-corrected chi connectivity index (χ3v) is 2.87. The number of likely N-dealkylation sites (N-methyl/N-ethyl adjacent to an activating group) is 1. The van der Waals surface area contributed by atoms with Gasteiger partial charge in [-0.25, -0.2) is 0 Å². The topological polar surface area (TPSA) is 15.3 Å². The van der Waals surface area contributed by atoms with Gasteiger partial charge >= 0.3 is 0 Å². The van der Waals surface area contributed by atoms with Crippen molar-refractivity contribution in [2.24, 2.45) is 0 Å². The van der Waals surface area contributed by atoms with Crippen LogP contribution in [-0.4, -0.2) is 25.0 Å². The highest BCUT2D eigenvalue weighted by molar-refractivity contribution is 7.10. The van der Waals surface area contributed by atoms with Gasteiger partial charge in [0, 0.05) is 30.2 Å². The summed E-state index contributed by atoms with van der Waals surface area (Å²) < 4.78 is 0. The summed E-state index contributed by atoms with van der Waals surface area (Å²) in [6, 6.07) is 2.17. The van der Waals surface area contributed by atoms with E-state index >= 15 is 0 Å². The molecule has 0 saturated carbocycles. The average Bonchev–Trinajstić information content (AvgIpc) is 2.31. The third-order valence-electron chi connectivity index (χ3n) is 1.97. The SMILES string of the molecule is CN1CCNc2ccsc2C1. The maximum Gasteiger partial charge on any atom is 0.0495 e. The molecule has 0 fully saturated rings. The number of rotatable bonds is 0. The molecule has 0 aliphatic carbocycles. The Morgan fingerprint density at radius 1 is 1.64 bits per heavy atom. The standard InChI is InChI=1S/C8H12N2S/c1-10-4-3-9-7-2-5-11-8(7)6-10/h2,5,9H,3-4,6H2,1H3. The van der Waals surface area contributed by atoms with Crippen molar-refractivity contribution in [2.75, 3.05) is 25.5 Å². The first kappa shape index (κ1) is 7.13. The normalized spacial score (nSPS) is 18.6. The molecular formula is C8H12N2S. The summed E-state index contributed by atoms with van der Waals surface area (Å²) in [5.41, 5.74) is 1.33. The van der Waals surface area contributed by atoms with E-state index in [2.05, 4.69) is 28.7 Å². The van der Waals surface area contributed by atoms with E-state index in [0.717, 1.165) is 19.6 Å². The molecule has 1 N–H and O–H groups in total. The predicted molar refractivity (Wildman–Crippen MR) is 49.1 cm³/mol. The van der Waals surface area contributed by atoms with Crippen molar-refractivity contribution in [3.8, 4) is 0 Å². The zero-order chi connectivity index (χ0) is 7.68. The Morgan fingerprint density at radius 2 is 2.55 bits per heavy atom. The Bertz CT molecular complexity index is 244. The first-order valence-electron chi connectivity index (χ1n) is 3.85. The van der Waals surface area contributed by atoms with E-state index < -0.39 is 0 Å². The lowest BCUT2D eigenvalue weighted by Crippen LogP contribution is -2.20. The van der Waals surface area contributed by atoms with Crippen LogP contribution in [0.3, 0.4) is 0 Å². The van der Waals surface area contributed by atoms with Crippen LogP contribution in [0.4, 0.5) is 5.69 Å². The van der Waals surface area contributed by atoms with Crippen LogP contribution in [0.5, 0.6) is 0 Å². The molecule has 0 amide bonds. The van der Waals surface area contributed by atoms with Gasteiger partial charge in [0.15, 0.2) is 0 Å². The molecular weight excluding hydrogens is 156 g/mol. The Morgan fingerprint density at radius 3 is 3.45 bits per heavy atom. The molecule has 1 aliphatic heterocycles. The second-order valence-corrected chi connectivity index (χ2v) is 3.92. The fourth-order valence-corrected chi connectivity index (χ4v) is 2.26. The molecule has 0 aromatic carbocycles. The van der Waals surface area contributed by atoms with Gasteiger partial charge in [0.05, 0.1) is 0 Å². The number of thiophene rings is 1. The number of hydrogen-bond donors (Lipinski definition) is 1. The smallest absolute Gasteiger partial charge is 0.0495 e. The Hall–Kier alpha value is -0.540. The highest BCUT2D eigenvalue weighted by Crippen LogP contribution is 2.24. The monoisotopic (exact) mass is 168 g/mol. The molecule has 1 aliphatic rings. The number of hydrogen-bond acceptors (Lipinski definition) is 3. The summed E-state index contributed by atoms with van der Waals surface area (Å²) in [5, 5.41) is 5.55.